The van der Waals surface area contributed by atoms with Gasteiger partial charge in [-0.25, -0.2) is 0 Å². The van der Waals surface area contributed by atoms with Crippen molar-refractivity contribution in [2.75, 3.05) is 5.84 Å². The molecule has 2 N–H and O–H groups in total. The maximum atomic E-state index is 6.37. The maximum absolute atomic E-state index is 6.37. The molecular weight excluding hydrogens is 280 g/mol. The van der Waals surface area contributed by atoms with E-state index in [0.29, 0.717) is 0 Å². The summed E-state index contributed by atoms with van der Waals surface area (Å²) in [6.07, 6.45) is 0. The van der Waals surface area contributed by atoms with Gasteiger partial charge in [0.1, 0.15) is 0 Å². The summed E-state index contributed by atoms with van der Waals surface area (Å²) in [5.41, 5.74) is 7.69. The predicted octanol–water partition coefficient (Wildman–Crippen LogP) is 4.81. The number of aromatic nitrogens is 1. The highest BCUT2D eigenvalue weighted by Gasteiger charge is 2.36. The zero-order chi connectivity index (χ0) is 15.8. The predicted molar refractivity (Wildman–Crippen MR) is 97.2 cm³/mol. The van der Waals surface area contributed by atoms with Gasteiger partial charge in [0.2, 0.25) is 0 Å². The molecular formula is C21H18N2. The van der Waals surface area contributed by atoms with Gasteiger partial charge < -0.3 is 5.84 Å². The highest BCUT2D eigenvalue weighted by Crippen LogP contribution is 2.52. The standard InChI is InChI=1S/C21H18N2/c1-21(2)15-9-5-3-7-13(15)19-16(21)11-12-18-20(19)14-8-4-6-10-17(14)23(18)22/h3-12H,22H2,1-2H3. The van der Waals surface area contributed by atoms with Gasteiger partial charge in [-0.15, -0.1) is 0 Å². The molecule has 0 unspecified atom stereocenters. The van der Waals surface area contributed by atoms with Gasteiger partial charge >= 0.3 is 0 Å². The second kappa shape index (κ2) is 3.96. The third kappa shape index (κ3) is 1.39. The first-order valence-corrected chi connectivity index (χ1v) is 8.02. The molecule has 0 saturated heterocycles. The lowest BCUT2D eigenvalue weighted by Crippen LogP contribution is -2.14. The Bertz CT molecular complexity index is 1100. The summed E-state index contributed by atoms with van der Waals surface area (Å²) in [5.74, 6) is 6.37. The average molecular weight is 298 g/mol. The third-order valence-electron chi connectivity index (χ3n) is 5.42. The number of hydrogen-bond acceptors (Lipinski definition) is 1. The highest BCUT2D eigenvalue weighted by atomic mass is 15.3. The average Bonchev–Trinajstić information content (AvgIpc) is 2.99. The molecule has 0 radical (unpaired) electrons. The van der Waals surface area contributed by atoms with Gasteiger partial charge in [0, 0.05) is 16.2 Å². The van der Waals surface area contributed by atoms with Crippen LogP contribution in [0.2, 0.25) is 0 Å². The van der Waals surface area contributed by atoms with Gasteiger partial charge in [-0.1, -0.05) is 62.4 Å². The van der Waals surface area contributed by atoms with Crippen LogP contribution in [0.25, 0.3) is 32.9 Å². The lowest BCUT2D eigenvalue weighted by atomic mass is 9.82. The van der Waals surface area contributed by atoms with Crippen LogP contribution in [-0.2, 0) is 5.41 Å². The summed E-state index contributed by atoms with van der Waals surface area (Å²) in [4.78, 5) is 0. The maximum Gasteiger partial charge on any atom is 0.0710 e. The van der Waals surface area contributed by atoms with Gasteiger partial charge in [-0.2, -0.15) is 0 Å². The smallest absolute Gasteiger partial charge is 0.0710 e. The van der Waals surface area contributed by atoms with Gasteiger partial charge in [0.15, 0.2) is 0 Å². The molecule has 0 aliphatic heterocycles. The Balaban J connectivity index is 2.08. The Kier molecular flexibility index (Phi) is 2.20. The van der Waals surface area contributed by atoms with Crippen LogP contribution in [0.3, 0.4) is 0 Å². The van der Waals surface area contributed by atoms with E-state index < -0.39 is 0 Å². The topological polar surface area (TPSA) is 30.9 Å². The van der Waals surface area contributed by atoms with Crippen molar-refractivity contribution < 1.29 is 0 Å². The zero-order valence-corrected chi connectivity index (χ0v) is 13.3. The largest absolute Gasteiger partial charge is 0.339 e. The minimum atomic E-state index is 0.0257. The Morgan fingerprint density at radius 2 is 1.52 bits per heavy atom. The van der Waals surface area contributed by atoms with E-state index in [1.165, 1.54) is 33.0 Å². The van der Waals surface area contributed by atoms with E-state index >= 15 is 0 Å². The van der Waals surface area contributed by atoms with Crippen LogP contribution < -0.4 is 5.84 Å². The van der Waals surface area contributed by atoms with Gasteiger partial charge in [0.25, 0.3) is 0 Å². The fraction of sp³-hybridized carbons (Fsp3) is 0.143. The summed E-state index contributed by atoms with van der Waals surface area (Å²) in [5, 5.41) is 2.51. The molecule has 1 aliphatic carbocycles. The quantitative estimate of drug-likeness (QED) is 0.464. The van der Waals surface area contributed by atoms with Crippen molar-refractivity contribution in [3.05, 3.63) is 71.8 Å². The SMILES string of the molecule is CC1(C)c2ccccc2-c2c1ccc1c2c2ccccc2n1N. The minimum Gasteiger partial charge on any atom is -0.339 e. The molecule has 0 saturated carbocycles. The number of rotatable bonds is 0. The number of para-hydroxylation sites is 1. The van der Waals surface area contributed by atoms with Crippen LogP contribution in [0, 0.1) is 0 Å². The van der Waals surface area contributed by atoms with Crippen LogP contribution in [-0.4, -0.2) is 4.68 Å². The second-order valence-electron chi connectivity index (χ2n) is 6.94. The van der Waals surface area contributed by atoms with Crippen molar-refractivity contribution in [1.29, 1.82) is 0 Å². The first-order chi connectivity index (χ1) is 11.1. The number of fused-ring (bicyclic) bond motifs is 7. The van der Waals surface area contributed by atoms with Crippen molar-refractivity contribution in [3.8, 4) is 11.1 Å². The van der Waals surface area contributed by atoms with Crippen molar-refractivity contribution in [2.24, 2.45) is 0 Å². The summed E-state index contributed by atoms with van der Waals surface area (Å²) >= 11 is 0. The van der Waals surface area contributed by atoms with Crippen LogP contribution in [0.4, 0.5) is 0 Å². The normalized spacial score (nSPS) is 15.0. The zero-order valence-electron chi connectivity index (χ0n) is 13.3. The van der Waals surface area contributed by atoms with Crippen LogP contribution in [0.1, 0.15) is 25.0 Å². The Labute approximate surface area is 135 Å². The second-order valence-corrected chi connectivity index (χ2v) is 6.94. The summed E-state index contributed by atoms with van der Waals surface area (Å²) in [7, 11) is 0. The lowest BCUT2D eigenvalue weighted by Gasteiger charge is -2.21. The molecule has 112 valence electrons. The molecule has 23 heavy (non-hydrogen) atoms. The number of nitrogens with zero attached hydrogens (tertiary/aromatic N) is 1. The number of hydrogen-bond donors (Lipinski definition) is 1. The van der Waals surface area contributed by atoms with Crippen LogP contribution in [0.15, 0.2) is 60.7 Å². The van der Waals surface area contributed by atoms with Crippen molar-refractivity contribution >= 4 is 21.8 Å². The van der Waals surface area contributed by atoms with E-state index in [0.717, 1.165) is 11.0 Å². The van der Waals surface area contributed by atoms with Gasteiger partial charge in [-0.05, 0) is 34.4 Å². The molecule has 5 rings (SSSR count). The van der Waals surface area contributed by atoms with Crippen molar-refractivity contribution in [1.82, 2.24) is 4.68 Å². The Morgan fingerprint density at radius 3 is 2.39 bits per heavy atom. The van der Waals surface area contributed by atoms with Crippen molar-refractivity contribution in [2.45, 2.75) is 19.3 Å². The lowest BCUT2D eigenvalue weighted by molar-refractivity contribution is 0.661. The van der Waals surface area contributed by atoms with E-state index in [-0.39, 0.29) is 5.41 Å². The first-order valence-electron chi connectivity index (χ1n) is 8.02. The number of nitrogens with two attached hydrogens (primary N) is 1. The summed E-state index contributed by atoms with van der Waals surface area (Å²) in [6.45, 7) is 4.62. The van der Waals surface area contributed by atoms with Gasteiger partial charge in [-0.3, -0.25) is 4.68 Å². The number of benzene rings is 3. The van der Waals surface area contributed by atoms with E-state index in [1.54, 1.807) is 0 Å². The monoisotopic (exact) mass is 298 g/mol. The molecule has 0 bridgehead atoms. The highest BCUT2D eigenvalue weighted by molar-refractivity contribution is 6.17. The van der Waals surface area contributed by atoms with Crippen LogP contribution >= 0.6 is 0 Å². The Hall–Kier alpha value is -2.74. The summed E-state index contributed by atoms with van der Waals surface area (Å²) < 4.78 is 1.82. The Morgan fingerprint density at radius 1 is 0.783 bits per heavy atom. The molecule has 1 heterocycles. The number of nitrogen functional groups attached to an aromatic ring is 1. The third-order valence-corrected chi connectivity index (χ3v) is 5.42. The van der Waals surface area contributed by atoms with Crippen LogP contribution in [0.5, 0.6) is 0 Å². The molecule has 0 amide bonds. The molecule has 2 heteroatoms. The molecule has 4 aromatic rings. The summed E-state index contributed by atoms with van der Waals surface area (Å²) in [6, 6.07) is 21.6. The van der Waals surface area contributed by atoms with E-state index in [4.69, 9.17) is 5.84 Å². The van der Waals surface area contributed by atoms with E-state index in [2.05, 4.69) is 68.4 Å². The van der Waals surface area contributed by atoms with E-state index in [1.807, 2.05) is 10.7 Å². The minimum absolute atomic E-state index is 0.0257. The fourth-order valence-electron chi connectivity index (χ4n) is 4.28. The molecule has 0 fully saturated rings. The van der Waals surface area contributed by atoms with Gasteiger partial charge in [0.05, 0.1) is 11.0 Å². The first kappa shape index (κ1) is 12.8. The molecule has 1 aliphatic rings. The molecule has 1 aromatic heterocycles. The molecule has 3 aromatic carbocycles. The molecule has 0 atom stereocenters. The molecule has 2 nitrogen and oxygen atoms in total. The van der Waals surface area contributed by atoms with E-state index in [9.17, 15) is 0 Å². The fourth-order valence-corrected chi connectivity index (χ4v) is 4.28. The van der Waals surface area contributed by atoms with Crippen molar-refractivity contribution in [3.63, 3.8) is 0 Å². The molecule has 0 spiro atoms.